The number of thioether (sulfide) groups is 1. The Morgan fingerprint density at radius 2 is 2.03 bits per heavy atom. The van der Waals surface area contributed by atoms with Gasteiger partial charge < -0.3 is 15.2 Å². The molecule has 4 aromatic rings. The van der Waals surface area contributed by atoms with Gasteiger partial charge in [-0.1, -0.05) is 24.3 Å². The quantitative estimate of drug-likeness (QED) is 0.398. The number of piperidine rings is 1. The van der Waals surface area contributed by atoms with E-state index >= 15 is 4.39 Å². The number of fused-ring (bicyclic) bond motifs is 1. The van der Waals surface area contributed by atoms with Crippen LogP contribution in [0.1, 0.15) is 23.2 Å². The molecule has 1 aliphatic heterocycles. The molecule has 1 saturated heterocycles. The number of nitrogens with zero attached hydrogens (tertiary/aromatic N) is 2. The number of anilines is 1. The van der Waals surface area contributed by atoms with Gasteiger partial charge in [0.25, 0.3) is 5.91 Å². The number of aromatic nitrogens is 2. The SMILES string of the molecule is CSc1ccccc1-c1ccc(N2CCCC(NC(=O)c3ccc4nc[nH]c4c3)C2=O)c(F)c1. The van der Waals surface area contributed by atoms with Gasteiger partial charge >= 0.3 is 0 Å². The summed E-state index contributed by atoms with van der Waals surface area (Å²) < 4.78 is 15.2. The second-order valence-electron chi connectivity index (χ2n) is 8.16. The number of nitrogens with one attached hydrogen (secondary N) is 2. The van der Waals surface area contributed by atoms with E-state index in [1.54, 1.807) is 42.4 Å². The lowest BCUT2D eigenvalue weighted by Gasteiger charge is -2.33. The van der Waals surface area contributed by atoms with E-state index < -0.39 is 11.9 Å². The summed E-state index contributed by atoms with van der Waals surface area (Å²) in [6, 6.07) is 17.2. The van der Waals surface area contributed by atoms with E-state index in [4.69, 9.17) is 0 Å². The number of carbonyl (C=O) groups excluding carboxylic acids is 2. The molecule has 8 heteroatoms. The fourth-order valence-corrected chi connectivity index (χ4v) is 4.96. The lowest BCUT2D eigenvalue weighted by molar-refractivity contribution is -0.121. The van der Waals surface area contributed by atoms with E-state index in [9.17, 15) is 9.59 Å². The molecule has 1 unspecified atom stereocenters. The molecule has 6 nitrogen and oxygen atoms in total. The predicted octanol–water partition coefficient (Wildman–Crippen LogP) is 5.02. The molecule has 2 heterocycles. The molecule has 1 fully saturated rings. The van der Waals surface area contributed by atoms with Gasteiger partial charge in [-0.05, 0) is 66.6 Å². The van der Waals surface area contributed by atoms with Crippen LogP contribution in [0.5, 0.6) is 0 Å². The van der Waals surface area contributed by atoms with Crippen molar-refractivity contribution in [1.29, 1.82) is 0 Å². The summed E-state index contributed by atoms with van der Waals surface area (Å²) in [5, 5.41) is 2.82. The Kier molecular flexibility index (Phi) is 6.06. The molecule has 2 N–H and O–H groups in total. The van der Waals surface area contributed by atoms with Gasteiger partial charge in [0.15, 0.2) is 0 Å². The first kappa shape index (κ1) is 22.2. The van der Waals surface area contributed by atoms with Crippen molar-refractivity contribution >= 4 is 40.3 Å². The van der Waals surface area contributed by atoms with E-state index in [-0.39, 0.29) is 17.5 Å². The highest BCUT2D eigenvalue weighted by molar-refractivity contribution is 7.98. The molecule has 1 aromatic heterocycles. The van der Waals surface area contributed by atoms with E-state index in [0.717, 1.165) is 27.1 Å². The summed E-state index contributed by atoms with van der Waals surface area (Å²) in [6.45, 7) is 0.406. The van der Waals surface area contributed by atoms with Crippen molar-refractivity contribution in [3.05, 3.63) is 78.4 Å². The molecular formula is C26H23FN4O2S. The van der Waals surface area contributed by atoms with Crippen molar-refractivity contribution in [3.63, 3.8) is 0 Å². The third-order valence-corrected chi connectivity index (χ3v) is 6.88. The van der Waals surface area contributed by atoms with Gasteiger partial charge in [0.2, 0.25) is 5.91 Å². The van der Waals surface area contributed by atoms with Gasteiger partial charge in [0.05, 0.1) is 23.0 Å². The molecule has 0 aliphatic carbocycles. The number of hydrogen-bond donors (Lipinski definition) is 2. The first-order chi connectivity index (χ1) is 16.5. The highest BCUT2D eigenvalue weighted by atomic mass is 32.2. The Morgan fingerprint density at radius 1 is 1.18 bits per heavy atom. The van der Waals surface area contributed by atoms with Crippen LogP contribution in [0.2, 0.25) is 0 Å². The van der Waals surface area contributed by atoms with Crippen molar-refractivity contribution in [2.24, 2.45) is 0 Å². The number of carbonyl (C=O) groups is 2. The van der Waals surface area contributed by atoms with Gasteiger partial charge in [-0.25, -0.2) is 9.37 Å². The Bertz CT molecular complexity index is 1390. The first-order valence-electron chi connectivity index (χ1n) is 11.0. The van der Waals surface area contributed by atoms with Crippen LogP contribution in [-0.4, -0.2) is 40.6 Å². The fourth-order valence-electron chi connectivity index (χ4n) is 4.34. The van der Waals surface area contributed by atoms with Crippen LogP contribution in [0.3, 0.4) is 0 Å². The highest BCUT2D eigenvalue weighted by Crippen LogP contribution is 2.33. The van der Waals surface area contributed by atoms with Crippen LogP contribution < -0.4 is 10.2 Å². The topological polar surface area (TPSA) is 78.1 Å². The van der Waals surface area contributed by atoms with Crippen molar-refractivity contribution in [3.8, 4) is 11.1 Å². The minimum absolute atomic E-state index is 0.230. The molecule has 0 spiro atoms. The molecule has 1 atom stereocenters. The average molecular weight is 475 g/mol. The monoisotopic (exact) mass is 474 g/mol. The molecule has 2 amide bonds. The summed E-state index contributed by atoms with van der Waals surface area (Å²) in [7, 11) is 0. The number of aromatic amines is 1. The standard InChI is InChI=1S/C26H23FN4O2S/c1-34-24-7-3-2-5-18(24)16-9-11-23(19(27)13-16)31-12-4-6-21(26(31)33)30-25(32)17-8-10-20-22(14-17)29-15-28-20/h2-3,5,7-11,13-15,21H,4,6,12H2,1H3,(H,28,29)(H,30,32). The molecule has 0 radical (unpaired) electrons. The van der Waals surface area contributed by atoms with Gasteiger partial charge in [0, 0.05) is 17.0 Å². The van der Waals surface area contributed by atoms with Crippen LogP contribution >= 0.6 is 11.8 Å². The molecule has 5 rings (SSSR count). The number of benzene rings is 3. The third-order valence-electron chi connectivity index (χ3n) is 6.08. The summed E-state index contributed by atoms with van der Waals surface area (Å²) in [6.07, 6.45) is 4.72. The van der Waals surface area contributed by atoms with E-state index in [1.165, 1.54) is 11.0 Å². The first-order valence-corrected chi connectivity index (χ1v) is 12.3. The minimum Gasteiger partial charge on any atom is -0.345 e. The van der Waals surface area contributed by atoms with E-state index in [1.807, 2.05) is 36.6 Å². The van der Waals surface area contributed by atoms with Gasteiger partial charge in [-0.15, -0.1) is 11.8 Å². The molecule has 0 bridgehead atoms. The maximum atomic E-state index is 15.2. The molecule has 34 heavy (non-hydrogen) atoms. The maximum absolute atomic E-state index is 15.2. The van der Waals surface area contributed by atoms with Gasteiger partial charge in [-0.3, -0.25) is 9.59 Å². The Labute approximate surface area is 200 Å². The second-order valence-corrected chi connectivity index (χ2v) is 9.01. The normalized spacial score (nSPS) is 16.1. The number of halogens is 1. The second kappa shape index (κ2) is 9.30. The molecule has 0 saturated carbocycles. The number of amides is 2. The number of hydrogen-bond acceptors (Lipinski definition) is 4. The molecule has 3 aromatic carbocycles. The van der Waals surface area contributed by atoms with Crippen molar-refractivity contribution in [1.82, 2.24) is 15.3 Å². The Balaban J connectivity index is 1.35. The van der Waals surface area contributed by atoms with Crippen molar-refractivity contribution in [2.75, 3.05) is 17.7 Å². The van der Waals surface area contributed by atoms with Crippen LogP contribution in [-0.2, 0) is 4.79 Å². The molecule has 172 valence electrons. The fraction of sp³-hybridized carbons (Fsp3) is 0.192. The maximum Gasteiger partial charge on any atom is 0.252 e. The van der Waals surface area contributed by atoms with E-state index in [0.29, 0.717) is 24.9 Å². The molecule has 1 aliphatic rings. The van der Waals surface area contributed by atoms with Crippen LogP contribution in [0, 0.1) is 5.82 Å². The van der Waals surface area contributed by atoms with Gasteiger partial charge in [0.1, 0.15) is 11.9 Å². The van der Waals surface area contributed by atoms with Crippen LogP contribution in [0.4, 0.5) is 10.1 Å². The Hall–Kier alpha value is -3.65. The highest BCUT2D eigenvalue weighted by Gasteiger charge is 2.32. The average Bonchev–Trinajstić information content (AvgIpc) is 3.33. The number of imidazole rings is 1. The van der Waals surface area contributed by atoms with Crippen molar-refractivity contribution in [2.45, 2.75) is 23.8 Å². The number of rotatable bonds is 5. The van der Waals surface area contributed by atoms with E-state index in [2.05, 4.69) is 15.3 Å². The van der Waals surface area contributed by atoms with Gasteiger partial charge in [-0.2, -0.15) is 0 Å². The predicted molar refractivity (Wildman–Crippen MR) is 133 cm³/mol. The summed E-state index contributed by atoms with van der Waals surface area (Å²) in [4.78, 5) is 35.6. The lowest BCUT2D eigenvalue weighted by Crippen LogP contribution is -2.52. The zero-order chi connectivity index (χ0) is 23.7. The summed E-state index contributed by atoms with van der Waals surface area (Å²) >= 11 is 1.60. The smallest absolute Gasteiger partial charge is 0.252 e. The zero-order valence-electron chi connectivity index (χ0n) is 18.5. The van der Waals surface area contributed by atoms with Crippen LogP contribution in [0.15, 0.2) is 71.9 Å². The number of H-pyrrole nitrogens is 1. The summed E-state index contributed by atoms with van der Waals surface area (Å²) in [5.41, 5.74) is 3.88. The zero-order valence-corrected chi connectivity index (χ0v) is 19.4. The summed E-state index contributed by atoms with van der Waals surface area (Å²) in [5.74, 6) is -1.11. The Morgan fingerprint density at radius 3 is 2.85 bits per heavy atom. The van der Waals surface area contributed by atoms with Crippen molar-refractivity contribution < 1.29 is 14.0 Å². The minimum atomic E-state index is -0.713. The van der Waals surface area contributed by atoms with Crippen LogP contribution in [0.25, 0.3) is 22.2 Å². The largest absolute Gasteiger partial charge is 0.345 e. The molecular weight excluding hydrogens is 451 g/mol. The third kappa shape index (κ3) is 4.17. The lowest BCUT2D eigenvalue weighted by atomic mass is 10.0.